The van der Waals surface area contributed by atoms with Gasteiger partial charge in [-0.2, -0.15) is 9.49 Å². The van der Waals surface area contributed by atoms with Crippen LogP contribution in [-0.2, 0) is 10.2 Å². The number of carboxylic acids is 1. The van der Waals surface area contributed by atoms with Crippen LogP contribution in [0.25, 0.3) is 5.65 Å². The molecule has 7 nitrogen and oxygen atoms in total. The molecule has 1 unspecified atom stereocenters. The summed E-state index contributed by atoms with van der Waals surface area (Å²) in [5, 5.41) is 20.2. The number of halogens is 1. The van der Waals surface area contributed by atoms with Gasteiger partial charge in [0.25, 0.3) is 0 Å². The van der Waals surface area contributed by atoms with Gasteiger partial charge < -0.3 is 5.11 Å². The highest BCUT2D eigenvalue weighted by molar-refractivity contribution is 5.79. The van der Waals surface area contributed by atoms with Crippen molar-refractivity contribution < 1.29 is 14.3 Å². The molecule has 0 saturated heterocycles. The second kappa shape index (κ2) is 4.12. The summed E-state index contributed by atoms with van der Waals surface area (Å²) < 4.78 is 14.9. The maximum Gasteiger partial charge on any atom is 0.311 e. The molecule has 1 aliphatic rings. The van der Waals surface area contributed by atoms with E-state index in [1.54, 1.807) is 12.3 Å². The van der Waals surface area contributed by atoms with Crippen LogP contribution in [-0.4, -0.2) is 35.9 Å². The van der Waals surface area contributed by atoms with Crippen molar-refractivity contribution in [2.45, 2.75) is 24.7 Å². The Labute approximate surface area is 123 Å². The van der Waals surface area contributed by atoms with E-state index in [0.717, 1.165) is 5.69 Å². The number of nitrogens with zero attached hydrogens (tertiary/aromatic N) is 4. The first-order chi connectivity index (χ1) is 10.5. The van der Waals surface area contributed by atoms with Crippen molar-refractivity contribution >= 4 is 11.6 Å². The fourth-order valence-electron chi connectivity index (χ4n) is 3.36. The summed E-state index contributed by atoms with van der Waals surface area (Å²) in [5.41, 5.74) is 1.65. The van der Waals surface area contributed by atoms with E-state index in [4.69, 9.17) is 0 Å². The van der Waals surface area contributed by atoms with Gasteiger partial charge in [-0.05, 0) is 19.4 Å². The lowest BCUT2D eigenvalue weighted by Gasteiger charge is -2.24. The lowest BCUT2D eigenvalue weighted by Crippen LogP contribution is -2.25. The highest BCUT2D eigenvalue weighted by atomic mass is 19.1. The smallest absolute Gasteiger partial charge is 0.311 e. The van der Waals surface area contributed by atoms with E-state index in [1.807, 2.05) is 6.92 Å². The molecule has 0 bridgehead atoms. The summed E-state index contributed by atoms with van der Waals surface area (Å²) in [6.45, 7) is 1.90. The van der Waals surface area contributed by atoms with E-state index < -0.39 is 23.2 Å². The van der Waals surface area contributed by atoms with Gasteiger partial charge in [0.1, 0.15) is 0 Å². The number of aromatic nitrogens is 5. The first-order valence-electron chi connectivity index (χ1n) is 6.78. The molecule has 0 amide bonds. The Balaban J connectivity index is 2.07. The quantitative estimate of drug-likeness (QED) is 0.747. The van der Waals surface area contributed by atoms with Crippen molar-refractivity contribution in [2.75, 3.05) is 0 Å². The number of rotatable bonds is 2. The number of carbonyl (C=O) groups is 1. The van der Waals surface area contributed by atoms with E-state index in [1.165, 1.54) is 16.8 Å². The van der Waals surface area contributed by atoms with E-state index in [2.05, 4.69) is 20.3 Å². The summed E-state index contributed by atoms with van der Waals surface area (Å²) in [6, 6.07) is 3.02. The van der Waals surface area contributed by atoms with Crippen LogP contribution in [0.4, 0.5) is 4.39 Å². The van der Waals surface area contributed by atoms with Crippen molar-refractivity contribution in [3.05, 3.63) is 47.4 Å². The largest absolute Gasteiger partial charge is 0.481 e. The molecule has 2 N–H and O–H groups in total. The third-order valence-corrected chi connectivity index (χ3v) is 4.39. The fraction of sp³-hybridized carbons (Fsp3) is 0.286. The van der Waals surface area contributed by atoms with Crippen molar-refractivity contribution in [3.8, 4) is 0 Å². The lowest BCUT2D eigenvalue weighted by atomic mass is 9.83. The Hall–Kier alpha value is -2.77. The van der Waals surface area contributed by atoms with E-state index in [9.17, 15) is 14.3 Å². The average Bonchev–Trinajstić information content (AvgIpc) is 3.15. The number of hydrogen-bond acceptors (Lipinski definition) is 4. The Morgan fingerprint density at radius 2 is 2.41 bits per heavy atom. The highest BCUT2D eigenvalue weighted by Crippen LogP contribution is 2.48. The Kier molecular flexibility index (Phi) is 2.42. The Morgan fingerprint density at radius 3 is 3.09 bits per heavy atom. The lowest BCUT2D eigenvalue weighted by molar-refractivity contribution is -0.138. The average molecular weight is 301 g/mol. The van der Waals surface area contributed by atoms with Crippen LogP contribution in [0.5, 0.6) is 0 Å². The minimum Gasteiger partial charge on any atom is -0.481 e. The summed E-state index contributed by atoms with van der Waals surface area (Å²) in [7, 11) is 0. The first kappa shape index (κ1) is 12.9. The number of hydrogen-bond donors (Lipinski definition) is 2. The number of aromatic amines is 1. The summed E-state index contributed by atoms with van der Waals surface area (Å²) >= 11 is 0. The summed E-state index contributed by atoms with van der Waals surface area (Å²) in [4.78, 5) is 15.7. The van der Waals surface area contributed by atoms with E-state index >= 15 is 0 Å². The molecule has 3 aromatic rings. The van der Waals surface area contributed by atoms with Crippen LogP contribution in [0.2, 0.25) is 0 Å². The maximum absolute atomic E-state index is 13.5. The molecule has 0 spiro atoms. The molecular formula is C14H12FN5O2. The zero-order valence-electron chi connectivity index (χ0n) is 11.6. The predicted octanol–water partition coefficient (Wildman–Crippen LogP) is 1.47. The van der Waals surface area contributed by atoms with Crippen molar-refractivity contribution in [1.82, 2.24) is 24.8 Å². The minimum absolute atomic E-state index is 0.335. The second-order valence-corrected chi connectivity index (χ2v) is 5.70. The predicted molar refractivity (Wildman–Crippen MR) is 73.0 cm³/mol. The van der Waals surface area contributed by atoms with Gasteiger partial charge in [-0.3, -0.25) is 9.89 Å². The first-order valence-corrected chi connectivity index (χ1v) is 6.78. The van der Waals surface area contributed by atoms with Crippen molar-refractivity contribution in [1.29, 1.82) is 0 Å². The van der Waals surface area contributed by atoms with Gasteiger partial charge in [-0.15, -0.1) is 5.10 Å². The minimum atomic E-state index is -0.932. The highest BCUT2D eigenvalue weighted by Gasteiger charge is 2.48. The van der Waals surface area contributed by atoms with Crippen LogP contribution >= 0.6 is 0 Å². The van der Waals surface area contributed by atoms with Crippen LogP contribution in [0.15, 0.2) is 24.5 Å². The molecule has 1 aliphatic carbocycles. The number of aliphatic carboxylic acids is 1. The fourth-order valence-corrected chi connectivity index (χ4v) is 3.36. The van der Waals surface area contributed by atoms with Crippen LogP contribution in [0.1, 0.15) is 36.2 Å². The van der Waals surface area contributed by atoms with Gasteiger partial charge >= 0.3 is 5.97 Å². The zero-order valence-corrected chi connectivity index (χ0v) is 11.6. The Morgan fingerprint density at radius 1 is 1.59 bits per heavy atom. The molecule has 112 valence electrons. The third-order valence-electron chi connectivity index (χ3n) is 4.39. The third kappa shape index (κ3) is 1.54. The molecule has 4 rings (SSSR count). The molecule has 0 fully saturated rings. The molecule has 0 aliphatic heterocycles. The number of nitrogens with one attached hydrogen (secondary N) is 1. The SMILES string of the molecule is C[C@]1(c2ccn[nH]2)CC(C(=O)O)c2cnc3cc(F)nn3c21. The molecule has 8 heteroatoms. The number of fused-ring (bicyclic) bond motifs is 3. The van der Waals surface area contributed by atoms with E-state index in [0.29, 0.717) is 23.3 Å². The Bertz CT molecular complexity index is 888. The van der Waals surface area contributed by atoms with Crippen LogP contribution in [0, 0.1) is 5.95 Å². The number of carboxylic acid groups (broad SMARTS) is 1. The molecule has 0 radical (unpaired) electrons. The van der Waals surface area contributed by atoms with Gasteiger partial charge in [-0.1, -0.05) is 0 Å². The molecular weight excluding hydrogens is 289 g/mol. The second-order valence-electron chi connectivity index (χ2n) is 5.70. The molecule has 3 heterocycles. The van der Waals surface area contributed by atoms with Gasteiger partial charge in [-0.25, -0.2) is 9.50 Å². The summed E-state index contributed by atoms with van der Waals surface area (Å²) in [5.74, 6) is -2.29. The molecule has 0 saturated carbocycles. The monoisotopic (exact) mass is 301 g/mol. The summed E-state index contributed by atoms with van der Waals surface area (Å²) in [6.07, 6.45) is 3.45. The van der Waals surface area contributed by atoms with Gasteiger partial charge in [0.15, 0.2) is 5.65 Å². The molecule has 2 atom stereocenters. The number of H-pyrrole nitrogens is 1. The topological polar surface area (TPSA) is 96.2 Å². The zero-order chi connectivity index (χ0) is 15.5. The van der Waals surface area contributed by atoms with Gasteiger partial charge in [0.05, 0.1) is 17.0 Å². The molecule has 3 aromatic heterocycles. The standard InChI is InChI=1S/C14H12FN5O2/c1-14(9-2-3-17-18-9)5-7(13(21)22)8-6-16-11-4-10(15)19-20(11)12(8)14/h2-4,6-7H,5H2,1H3,(H,17,18)(H,21,22)/t7?,14-/m1/s1. The van der Waals surface area contributed by atoms with Gasteiger partial charge in [0, 0.05) is 29.7 Å². The van der Waals surface area contributed by atoms with Crippen molar-refractivity contribution in [2.24, 2.45) is 0 Å². The normalized spacial score (nSPS) is 23.8. The molecule has 0 aromatic carbocycles. The van der Waals surface area contributed by atoms with Gasteiger partial charge in [0.2, 0.25) is 5.95 Å². The maximum atomic E-state index is 13.5. The van der Waals surface area contributed by atoms with E-state index in [-0.39, 0.29) is 0 Å². The molecule has 22 heavy (non-hydrogen) atoms. The van der Waals surface area contributed by atoms with Crippen LogP contribution < -0.4 is 0 Å². The van der Waals surface area contributed by atoms with Crippen LogP contribution in [0.3, 0.4) is 0 Å². The van der Waals surface area contributed by atoms with Crippen molar-refractivity contribution in [3.63, 3.8) is 0 Å².